The first kappa shape index (κ1) is 24.1. The lowest BCUT2D eigenvalue weighted by molar-refractivity contribution is 0.0374. The molecule has 38 heavy (non-hydrogen) atoms. The number of aromatic nitrogens is 3. The van der Waals surface area contributed by atoms with Gasteiger partial charge in [-0.3, -0.25) is 19.5 Å². The highest BCUT2D eigenvalue weighted by Gasteiger charge is 2.19. The second-order valence-corrected chi connectivity index (χ2v) is 9.52. The maximum Gasteiger partial charge on any atom is 0.257 e. The number of morpholine rings is 1. The lowest BCUT2D eigenvalue weighted by Crippen LogP contribution is -2.38. The largest absolute Gasteiger partial charge is 0.379 e. The van der Waals surface area contributed by atoms with Gasteiger partial charge >= 0.3 is 0 Å². The van der Waals surface area contributed by atoms with Gasteiger partial charge in [0.25, 0.3) is 11.5 Å². The summed E-state index contributed by atoms with van der Waals surface area (Å²) in [5.74, 6) is -0.108. The molecule has 3 N–H and O–H groups in total. The number of hydrogen-bond donors (Lipinski definition) is 3. The molecule has 1 amide bonds. The van der Waals surface area contributed by atoms with Crippen LogP contribution in [0.25, 0.3) is 44.2 Å². The number of benzene rings is 2. The Bertz CT molecular complexity index is 1670. The monoisotopic (exact) mass is 507 g/mol. The minimum absolute atomic E-state index is 0.108. The Hall–Kier alpha value is -4.27. The van der Waals surface area contributed by atoms with Gasteiger partial charge in [0.05, 0.1) is 30.0 Å². The van der Waals surface area contributed by atoms with Gasteiger partial charge in [0.15, 0.2) is 0 Å². The van der Waals surface area contributed by atoms with Crippen LogP contribution in [0.1, 0.15) is 16.8 Å². The zero-order valence-corrected chi connectivity index (χ0v) is 21.0. The van der Waals surface area contributed by atoms with Crippen LogP contribution in [0.4, 0.5) is 0 Å². The molecule has 2 aromatic carbocycles. The first-order chi connectivity index (χ1) is 18.7. The number of hydrogen-bond acceptors (Lipinski definition) is 5. The third kappa shape index (κ3) is 4.83. The van der Waals surface area contributed by atoms with E-state index in [1.807, 2.05) is 48.5 Å². The summed E-state index contributed by atoms with van der Waals surface area (Å²) in [5.41, 5.74) is 5.23. The normalized spacial score (nSPS) is 14.2. The van der Waals surface area contributed by atoms with Gasteiger partial charge in [-0.1, -0.05) is 12.1 Å². The molecule has 5 aromatic rings. The quantitative estimate of drug-likeness (QED) is 0.287. The molecule has 0 atom stereocenters. The topological polar surface area (TPSA) is 103 Å². The number of aromatic amines is 2. The summed E-state index contributed by atoms with van der Waals surface area (Å²) in [5, 5.41) is 4.95. The van der Waals surface area contributed by atoms with Crippen molar-refractivity contribution in [2.75, 3.05) is 39.4 Å². The Kier molecular flexibility index (Phi) is 6.73. The highest BCUT2D eigenvalue weighted by Crippen LogP contribution is 2.38. The third-order valence-electron chi connectivity index (χ3n) is 7.08. The molecule has 8 nitrogen and oxygen atoms in total. The average molecular weight is 508 g/mol. The number of carbonyl (C=O) groups is 1. The maximum absolute atomic E-state index is 13.1. The molecule has 0 bridgehead atoms. The standard InChI is InChI=1S/C30H29N5O3/c36-29(32-12-3-13-35-14-16-38-17-15-35)22-7-9-26-24(19-22)27(28(34-26)23-5-2-11-33-30(23)37)21-6-8-25-20(18-21)4-1-10-31-25/h1-2,4-11,18-19,34H,3,12-17H2,(H,32,36)(H,33,37). The van der Waals surface area contributed by atoms with Crippen LogP contribution in [0.15, 0.2) is 77.9 Å². The van der Waals surface area contributed by atoms with Crippen molar-refractivity contribution in [2.45, 2.75) is 6.42 Å². The Morgan fingerprint density at radius 1 is 1.05 bits per heavy atom. The van der Waals surface area contributed by atoms with E-state index < -0.39 is 0 Å². The summed E-state index contributed by atoms with van der Waals surface area (Å²) in [4.78, 5) is 38.9. The molecular formula is C30H29N5O3. The van der Waals surface area contributed by atoms with Crippen LogP contribution in [0.2, 0.25) is 0 Å². The van der Waals surface area contributed by atoms with Crippen LogP contribution < -0.4 is 10.9 Å². The van der Waals surface area contributed by atoms with Gasteiger partial charge in [-0.15, -0.1) is 0 Å². The van der Waals surface area contributed by atoms with Crippen molar-refractivity contribution in [3.63, 3.8) is 0 Å². The van der Waals surface area contributed by atoms with E-state index in [2.05, 4.69) is 31.2 Å². The average Bonchev–Trinajstić information content (AvgIpc) is 3.34. The zero-order chi connectivity index (χ0) is 25.9. The number of amides is 1. The van der Waals surface area contributed by atoms with Crippen LogP contribution in [0, 0.1) is 0 Å². The van der Waals surface area contributed by atoms with Crippen LogP contribution in [-0.2, 0) is 4.74 Å². The molecule has 1 aliphatic rings. The Morgan fingerprint density at radius 3 is 2.82 bits per heavy atom. The molecule has 1 aliphatic heterocycles. The number of ether oxygens (including phenoxy) is 1. The molecule has 3 aromatic heterocycles. The summed E-state index contributed by atoms with van der Waals surface area (Å²) in [6, 6.07) is 19.2. The lowest BCUT2D eigenvalue weighted by Gasteiger charge is -2.26. The molecule has 192 valence electrons. The molecule has 1 fully saturated rings. The van der Waals surface area contributed by atoms with Gasteiger partial charge < -0.3 is 20.0 Å². The van der Waals surface area contributed by atoms with Crippen molar-refractivity contribution < 1.29 is 9.53 Å². The van der Waals surface area contributed by atoms with E-state index in [0.717, 1.165) is 72.2 Å². The minimum atomic E-state index is -0.180. The maximum atomic E-state index is 13.1. The van der Waals surface area contributed by atoms with E-state index in [4.69, 9.17) is 4.74 Å². The first-order valence-corrected chi connectivity index (χ1v) is 12.9. The Morgan fingerprint density at radius 2 is 1.95 bits per heavy atom. The van der Waals surface area contributed by atoms with Gasteiger partial charge in [-0.25, -0.2) is 0 Å². The summed E-state index contributed by atoms with van der Waals surface area (Å²) in [7, 11) is 0. The summed E-state index contributed by atoms with van der Waals surface area (Å²) < 4.78 is 5.40. The van der Waals surface area contributed by atoms with Gasteiger partial charge in [-0.05, 0) is 67.1 Å². The minimum Gasteiger partial charge on any atom is -0.379 e. The van der Waals surface area contributed by atoms with Crippen molar-refractivity contribution in [1.82, 2.24) is 25.2 Å². The number of nitrogens with one attached hydrogen (secondary N) is 3. The van der Waals surface area contributed by atoms with Crippen molar-refractivity contribution in [3.8, 4) is 22.4 Å². The van der Waals surface area contributed by atoms with Crippen LogP contribution in [-0.4, -0.2) is 65.2 Å². The number of carbonyl (C=O) groups excluding carboxylic acids is 1. The highest BCUT2D eigenvalue weighted by atomic mass is 16.5. The molecule has 0 unspecified atom stereocenters. The second-order valence-electron chi connectivity index (χ2n) is 9.52. The number of fused-ring (bicyclic) bond motifs is 2. The fourth-order valence-electron chi connectivity index (χ4n) is 5.12. The van der Waals surface area contributed by atoms with Crippen molar-refractivity contribution in [2.24, 2.45) is 0 Å². The molecule has 1 saturated heterocycles. The highest BCUT2D eigenvalue weighted by molar-refractivity contribution is 6.08. The molecular weight excluding hydrogens is 478 g/mol. The third-order valence-corrected chi connectivity index (χ3v) is 7.08. The van der Waals surface area contributed by atoms with Crippen LogP contribution >= 0.6 is 0 Å². The smallest absolute Gasteiger partial charge is 0.257 e. The van der Waals surface area contributed by atoms with Crippen LogP contribution in [0.5, 0.6) is 0 Å². The first-order valence-electron chi connectivity index (χ1n) is 12.9. The van der Waals surface area contributed by atoms with Crippen molar-refractivity contribution in [1.29, 1.82) is 0 Å². The predicted molar refractivity (Wildman–Crippen MR) is 149 cm³/mol. The Balaban J connectivity index is 1.35. The number of H-pyrrole nitrogens is 2. The van der Waals surface area contributed by atoms with Crippen LogP contribution in [0.3, 0.4) is 0 Å². The van der Waals surface area contributed by atoms with Crippen molar-refractivity contribution in [3.05, 3.63) is 89.0 Å². The fourth-order valence-corrected chi connectivity index (χ4v) is 5.12. The molecule has 0 saturated carbocycles. The van der Waals surface area contributed by atoms with Crippen molar-refractivity contribution >= 4 is 27.7 Å². The number of nitrogens with zero attached hydrogens (tertiary/aromatic N) is 2. The SMILES string of the molecule is O=C(NCCCN1CCOCC1)c1ccc2[nH]c(-c3ccc[nH]c3=O)c(-c3ccc4ncccc4c3)c2c1. The zero-order valence-electron chi connectivity index (χ0n) is 21.0. The number of rotatable bonds is 7. The number of pyridine rings is 2. The molecule has 8 heteroatoms. The molecule has 6 rings (SSSR count). The van der Waals surface area contributed by atoms with E-state index in [1.54, 1.807) is 18.5 Å². The van der Waals surface area contributed by atoms with Gasteiger partial charge in [0, 0.05) is 59.4 Å². The molecule has 0 radical (unpaired) electrons. The fraction of sp³-hybridized carbons (Fsp3) is 0.233. The summed E-state index contributed by atoms with van der Waals surface area (Å²) in [6.07, 6.45) is 4.28. The lowest BCUT2D eigenvalue weighted by atomic mass is 9.96. The van der Waals surface area contributed by atoms with E-state index in [-0.39, 0.29) is 11.5 Å². The Labute approximate surface area is 219 Å². The predicted octanol–water partition coefficient (Wildman–Crippen LogP) is 4.19. The van der Waals surface area contributed by atoms with E-state index >= 15 is 0 Å². The van der Waals surface area contributed by atoms with Gasteiger partial charge in [-0.2, -0.15) is 0 Å². The summed E-state index contributed by atoms with van der Waals surface area (Å²) in [6.45, 7) is 4.98. The van der Waals surface area contributed by atoms with E-state index in [1.165, 1.54) is 0 Å². The molecule has 0 aliphatic carbocycles. The summed E-state index contributed by atoms with van der Waals surface area (Å²) >= 11 is 0. The van der Waals surface area contributed by atoms with Gasteiger partial charge in [0.2, 0.25) is 0 Å². The molecule has 0 spiro atoms. The van der Waals surface area contributed by atoms with E-state index in [9.17, 15) is 9.59 Å². The van der Waals surface area contributed by atoms with Gasteiger partial charge in [0.1, 0.15) is 0 Å². The second kappa shape index (κ2) is 10.6. The van der Waals surface area contributed by atoms with E-state index in [0.29, 0.717) is 23.4 Å². The molecule has 4 heterocycles.